The van der Waals surface area contributed by atoms with E-state index in [9.17, 15) is 4.79 Å². The quantitative estimate of drug-likeness (QED) is 0.765. The first kappa shape index (κ1) is 19.1. The molecular weight excluding hydrogens is 358 g/mol. The summed E-state index contributed by atoms with van der Waals surface area (Å²) < 4.78 is 19.1. The predicted molar refractivity (Wildman–Crippen MR) is 103 cm³/mol. The second-order valence-electron chi connectivity index (χ2n) is 7.74. The Hall–Kier alpha value is -2.22. The number of hydrogen-bond acceptors (Lipinski definition) is 5. The van der Waals surface area contributed by atoms with Crippen LogP contribution in [0, 0.1) is 0 Å². The molecule has 0 saturated carbocycles. The molecule has 2 aliphatic rings. The average Bonchev–Trinajstić information content (AvgIpc) is 3.43. The molecule has 2 aromatic rings. The van der Waals surface area contributed by atoms with Crippen LogP contribution in [0.4, 0.5) is 0 Å². The summed E-state index contributed by atoms with van der Waals surface area (Å²) in [6, 6.07) is 11.9. The largest absolute Gasteiger partial charge is 0.368 e. The average molecular weight is 385 g/mol. The molecule has 0 radical (unpaired) electrons. The second kappa shape index (κ2) is 8.03. The predicted octanol–water partition coefficient (Wildman–Crippen LogP) is 2.53. The van der Waals surface area contributed by atoms with Crippen molar-refractivity contribution < 1.29 is 19.0 Å². The van der Waals surface area contributed by atoms with Crippen LogP contribution in [0.3, 0.4) is 0 Å². The molecule has 7 nitrogen and oxygen atoms in total. The molecule has 0 unspecified atom stereocenters. The van der Waals surface area contributed by atoms with E-state index in [1.165, 1.54) is 0 Å². The van der Waals surface area contributed by atoms with Crippen molar-refractivity contribution >= 4 is 5.91 Å². The van der Waals surface area contributed by atoms with Crippen molar-refractivity contribution in [3.05, 3.63) is 48.3 Å². The number of amides is 1. The fraction of sp³-hybridized carbons (Fsp3) is 0.524. The smallest absolute Gasteiger partial charge is 0.252 e. The summed E-state index contributed by atoms with van der Waals surface area (Å²) in [4.78, 5) is 15.0. The molecule has 0 bridgehead atoms. The number of aromatic nitrogens is 2. The van der Waals surface area contributed by atoms with Crippen LogP contribution < -0.4 is 0 Å². The van der Waals surface area contributed by atoms with Gasteiger partial charge in [0.2, 0.25) is 0 Å². The molecule has 2 fully saturated rings. The van der Waals surface area contributed by atoms with Gasteiger partial charge in [-0.1, -0.05) is 18.2 Å². The van der Waals surface area contributed by atoms with E-state index >= 15 is 0 Å². The number of carbonyl (C=O) groups is 1. The molecule has 0 N–H and O–H groups in total. The Bertz CT molecular complexity index is 799. The topological polar surface area (TPSA) is 65.8 Å². The molecule has 0 spiro atoms. The van der Waals surface area contributed by atoms with Crippen molar-refractivity contribution in [3.63, 3.8) is 0 Å². The molecule has 7 heteroatoms. The van der Waals surface area contributed by atoms with E-state index in [1.807, 2.05) is 59.8 Å². The van der Waals surface area contributed by atoms with E-state index < -0.39 is 5.79 Å². The van der Waals surface area contributed by atoms with Gasteiger partial charge in [-0.2, -0.15) is 5.10 Å². The van der Waals surface area contributed by atoms with Gasteiger partial charge in [-0.25, -0.2) is 4.68 Å². The fourth-order valence-electron chi connectivity index (χ4n) is 3.76. The van der Waals surface area contributed by atoms with Crippen LogP contribution >= 0.6 is 0 Å². The summed E-state index contributed by atoms with van der Waals surface area (Å²) in [7, 11) is 0. The zero-order valence-corrected chi connectivity index (χ0v) is 16.4. The summed E-state index contributed by atoms with van der Waals surface area (Å²) in [5.74, 6) is -0.610. The van der Waals surface area contributed by atoms with Crippen LogP contribution in [0.1, 0.15) is 32.4 Å². The number of benzene rings is 1. The van der Waals surface area contributed by atoms with Gasteiger partial charge in [-0.15, -0.1) is 0 Å². The monoisotopic (exact) mass is 385 g/mol. The SMILES string of the molecule is CC1(C)OC[C@H](CN(Cc2ccnn2-c2ccccc2)C(=O)[C@H]2CCCO2)O1. The van der Waals surface area contributed by atoms with Crippen molar-refractivity contribution in [1.29, 1.82) is 0 Å². The molecule has 2 aliphatic heterocycles. The summed E-state index contributed by atoms with van der Waals surface area (Å²) in [5, 5.41) is 4.44. The van der Waals surface area contributed by atoms with Crippen molar-refractivity contribution in [1.82, 2.24) is 14.7 Å². The fourth-order valence-corrected chi connectivity index (χ4v) is 3.76. The molecule has 2 saturated heterocycles. The molecule has 3 heterocycles. The second-order valence-corrected chi connectivity index (χ2v) is 7.74. The first-order valence-corrected chi connectivity index (χ1v) is 9.82. The maximum Gasteiger partial charge on any atom is 0.252 e. The van der Waals surface area contributed by atoms with Gasteiger partial charge in [0, 0.05) is 19.3 Å². The third-order valence-electron chi connectivity index (χ3n) is 5.08. The Morgan fingerprint density at radius 3 is 2.79 bits per heavy atom. The minimum atomic E-state index is -0.616. The molecule has 150 valence electrons. The van der Waals surface area contributed by atoms with Gasteiger partial charge in [0.25, 0.3) is 5.91 Å². The number of carbonyl (C=O) groups excluding carboxylic acids is 1. The number of ether oxygens (including phenoxy) is 3. The van der Waals surface area contributed by atoms with E-state index in [-0.39, 0.29) is 18.1 Å². The van der Waals surface area contributed by atoms with E-state index in [1.54, 1.807) is 6.20 Å². The zero-order chi connectivity index (χ0) is 19.6. The maximum atomic E-state index is 13.1. The molecule has 28 heavy (non-hydrogen) atoms. The van der Waals surface area contributed by atoms with Crippen LogP contribution in [0.2, 0.25) is 0 Å². The third-order valence-corrected chi connectivity index (χ3v) is 5.08. The highest BCUT2D eigenvalue weighted by atomic mass is 16.7. The summed E-state index contributed by atoms with van der Waals surface area (Å²) >= 11 is 0. The van der Waals surface area contributed by atoms with Gasteiger partial charge in [0.1, 0.15) is 12.2 Å². The number of hydrogen-bond donors (Lipinski definition) is 0. The maximum absolute atomic E-state index is 13.1. The Balaban J connectivity index is 1.54. The summed E-state index contributed by atoms with van der Waals surface area (Å²) in [5.41, 5.74) is 1.91. The van der Waals surface area contributed by atoms with Crippen LogP contribution in [0.25, 0.3) is 5.69 Å². The highest BCUT2D eigenvalue weighted by molar-refractivity contribution is 5.81. The minimum absolute atomic E-state index is 0.00613. The van der Waals surface area contributed by atoms with Crippen molar-refractivity contribution in [2.45, 2.75) is 51.2 Å². The highest BCUT2D eigenvalue weighted by Gasteiger charge is 2.36. The lowest BCUT2D eigenvalue weighted by molar-refractivity contribution is -0.151. The summed E-state index contributed by atoms with van der Waals surface area (Å²) in [6.45, 7) is 5.80. The Labute approximate surface area is 165 Å². The Morgan fingerprint density at radius 1 is 1.29 bits per heavy atom. The zero-order valence-electron chi connectivity index (χ0n) is 16.4. The van der Waals surface area contributed by atoms with Gasteiger partial charge < -0.3 is 19.1 Å². The molecule has 0 aliphatic carbocycles. The molecule has 2 atom stereocenters. The first-order chi connectivity index (χ1) is 13.5. The van der Waals surface area contributed by atoms with Crippen LogP contribution in [-0.4, -0.2) is 58.3 Å². The Kier molecular flexibility index (Phi) is 5.48. The highest BCUT2D eigenvalue weighted by Crippen LogP contribution is 2.25. The van der Waals surface area contributed by atoms with E-state index in [4.69, 9.17) is 14.2 Å². The van der Waals surface area contributed by atoms with Crippen LogP contribution in [-0.2, 0) is 25.5 Å². The number of para-hydroxylation sites is 1. The van der Waals surface area contributed by atoms with Crippen molar-refractivity contribution in [2.24, 2.45) is 0 Å². The standard InChI is InChI=1S/C21H27N3O4/c1-21(2)27-15-18(28-21)14-23(20(25)19-9-6-12-26-19)13-17-10-11-22-24(17)16-7-4-3-5-8-16/h3-5,7-8,10-11,18-19H,6,9,12-15H2,1-2H3/t18-,19+/m0/s1. The van der Waals surface area contributed by atoms with E-state index in [2.05, 4.69) is 5.10 Å². The number of nitrogens with zero attached hydrogens (tertiary/aromatic N) is 3. The molecule has 1 aromatic heterocycles. The molecular formula is C21H27N3O4. The van der Waals surface area contributed by atoms with Gasteiger partial charge in [0.15, 0.2) is 5.79 Å². The minimum Gasteiger partial charge on any atom is -0.368 e. The lowest BCUT2D eigenvalue weighted by atomic mass is 10.2. The lowest BCUT2D eigenvalue weighted by Crippen LogP contribution is -2.43. The van der Waals surface area contributed by atoms with Gasteiger partial charge >= 0.3 is 0 Å². The molecule has 1 amide bonds. The van der Waals surface area contributed by atoms with Gasteiger partial charge in [0.05, 0.1) is 24.5 Å². The normalized spacial score (nSPS) is 23.8. The van der Waals surface area contributed by atoms with Crippen LogP contribution in [0.15, 0.2) is 42.6 Å². The van der Waals surface area contributed by atoms with Gasteiger partial charge in [-0.05, 0) is 44.9 Å². The summed E-state index contributed by atoms with van der Waals surface area (Å²) in [6.07, 6.45) is 2.91. The van der Waals surface area contributed by atoms with Gasteiger partial charge in [-0.3, -0.25) is 4.79 Å². The molecule has 4 rings (SSSR count). The molecule has 1 aromatic carbocycles. The van der Waals surface area contributed by atoms with Crippen LogP contribution in [0.5, 0.6) is 0 Å². The third kappa shape index (κ3) is 4.27. The van der Waals surface area contributed by atoms with E-state index in [0.29, 0.717) is 26.3 Å². The van der Waals surface area contributed by atoms with Crippen molar-refractivity contribution in [2.75, 3.05) is 19.8 Å². The van der Waals surface area contributed by atoms with E-state index in [0.717, 1.165) is 24.2 Å². The van der Waals surface area contributed by atoms with Crippen molar-refractivity contribution in [3.8, 4) is 5.69 Å². The number of rotatable bonds is 6. The Morgan fingerprint density at radius 2 is 2.11 bits per heavy atom. The first-order valence-electron chi connectivity index (χ1n) is 9.82. The lowest BCUT2D eigenvalue weighted by Gasteiger charge is -2.28.